The van der Waals surface area contributed by atoms with Gasteiger partial charge in [-0.3, -0.25) is 4.57 Å². The molecule has 2 rings (SSSR count). The van der Waals surface area contributed by atoms with Gasteiger partial charge < -0.3 is 20.2 Å². The van der Waals surface area contributed by atoms with Crippen molar-refractivity contribution >= 4 is 5.82 Å². The summed E-state index contributed by atoms with van der Waals surface area (Å²) in [5.74, 6) is 0.0202. The van der Waals surface area contributed by atoms with Crippen molar-refractivity contribution in [3.8, 4) is 5.88 Å². The molecule has 0 bridgehead atoms. The maximum Gasteiger partial charge on any atom is 0.426 e. The lowest BCUT2D eigenvalue weighted by atomic mass is 10.1. The van der Waals surface area contributed by atoms with E-state index < -0.39 is 4.92 Å². The van der Waals surface area contributed by atoms with E-state index in [1.54, 1.807) is 7.05 Å². The zero-order valence-electron chi connectivity index (χ0n) is 9.05. The van der Waals surface area contributed by atoms with E-state index in [9.17, 15) is 10.1 Å². The van der Waals surface area contributed by atoms with Gasteiger partial charge in [0.2, 0.25) is 6.33 Å². The van der Waals surface area contributed by atoms with E-state index in [2.05, 4.69) is 10.3 Å². The first-order valence-corrected chi connectivity index (χ1v) is 5.21. The molecule has 1 saturated heterocycles. The highest BCUT2D eigenvalue weighted by molar-refractivity contribution is 5.33. The fourth-order valence-electron chi connectivity index (χ4n) is 1.75. The van der Waals surface area contributed by atoms with Crippen LogP contribution < -0.4 is 10.1 Å². The highest BCUT2D eigenvalue weighted by Crippen LogP contribution is 2.25. The van der Waals surface area contributed by atoms with Crippen LogP contribution in [0.5, 0.6) is 5.88 Å². The monoisotopic (exact) mass is 226 g/mol. The molecule has 0 spiro atoms. The molecule has 0 amide bonds. The molecule has 1 atom stereocenters. The number of imidazole rings is 1. The van der Waals surface area contributed by atoms with Gasteiger partial charge in [0.05, 0.1) is 0 Å². The van der Waals surface area contributed by atoms with Gasteiger partial charge in [0, 0.05) is 13.6 Å². The molecule has 0 aliphatic carbocycles. The van der Waals surface area contributed by atoms with Crippen LogP contribution in [0.15, 0.2) is 6.33 Å². The molecule has 1 aliphatic rings. The van der Waals surface area contributed by atoms with Crippen molar-refractivity contribution in [2.75, 3.05) is 13.1 Å². The molecule has 16 heavy (non-hydrogen) atoms. The number of piperidine rings is 1. The number of nitrogens with zero attached hydrogens (tertiary/aromatic N) is 3. The molecule has 1 N–H and O–H groups in total. The lowest BCUT2D eigenvalue weighted by Gasteiger charge is -2.23. The maximum atomic E-state index is 10.7. The van der Waals surface area contributed by atoms with Crippen molar-refractivity contribution in [1.82, 2.24) is 14.9 Å². The number of hydrogen-bond donors (Lipinski definition) is 1. The minimum absolute atomic E-state index is 0.0113. The summed E-state index contributed by atoms with van der Waals surface area (Å²) in [5, 5.41) is 13.9. The summed E-state index contributed by atoms with van der Waals surface area (Å²) >= 11 is 0. The summed E-state index contributed by atoms with van der Waals surface area (Å²) in [6, 6.07) is 0. The lowest BCUT2D eigenvalue weighted by molar-refractivity contribution is -0.390. The molecule has 88 valence electrons. The summed E-state index contributed by atoms with van der Waals surface area (Å²) in [4.78, 5) is 13.9. The molecule has 2 heterocycles. The summed E-state index contributed by atoms with van der Waals surface area (Å²) in [5.41, 5.74) is 0. The average Bonchev–Trinajstić information content (AvgIpc) is 2.62. The second kappa shape index (κ2) is 4.48. The van der Waals surface area contributed by atoms with E-state index in [1.165, 1.54) is 10.9 Å². The third-order valence-electron chi connectivity index (χ3n) is 2.57. The van der Waals surface area contributed by atoms with E-state index in [0.29, 0.717) is 0 Å². The van der Waals surface area contributed by atoms with Crippen LogP contribution in [0.4, 0.5) is 5.82 Å². The minimum Gasteiger partial charge on any atom is -0.468 e. The smallest absolute Gasteiger partial charge is 0.426 e. The fraction of sp³-hybridized carbons (Fsp3) is 0.667. The second-order valence-corrected chi connectivity index (χ2v) is 3.83. The van der Waals surface area contributed by atoms with Gasteiger partial charge in [-0.05, 0) is 29.3 Å². The van der Waals surface area contributed by atoms with Crippen molar-refractivity contribution in [3.63, 3.8) is 0 Å². The van der Waals surface area contributed by atoms with E-state index >= 15 is 0 Å². The molecular formula is C9H14N4O3. The second-order valence-electron chi connectivity index (χ2n) is 3.83. The van der Waals surface area contributed by atoms with Crippen LogP contribution in [0.25, 0.3) is 0 Å². The zero-order valence-corrected chi connectivity index (χ0v) is 9.05. The van der Waals surface area contributed by atoms with Crippen molar-refractivity contribution in [2.45, 2.75) is 18.9 Å². The Labute approximate surface area is 92.6 Å². The Morgan fingerprint density at radius 1 is 1.75 bits per heavy atom. The molecule has 1 aliphatic heterocycles. The van der Waals surface area contributed by atoms with Gasteiger partial charge in [-0.1, -0.05) is 0 Å². The van der Waals surface area contributed by atoms with Crippen LogP contribution >= 0.6 is 0 Å². The number of ether oxygens (including phenoxy) is 1. The summed E-state index contributed by atoms with van der Waals surface area (Å²) in [7, 11) is 1.69. The highest BCUT2D eigenvalue weighted by Gasteiger charge is 2.25. The Bertz CT molecular complexity index is 384. The summed E-state index contributed by atoms with van der Waals surface area (Å²) < 4.78 is 7.15. The summed E-state index contributed by atoms with van der Waals surface area (Å²) in [6.45, 7) is 1.70. The lowest BCUT2D eigenvalue weighted by Crippen LogP contribution is -2.37. The van der Waals surface area contributed by atoms with Crippen molar-refractivity contribution < 1.29 is 9.66 Å². The van der Waals surface area contributed by atoms with E-state index in [4.69, 9.17) is 4.74 Å². The average molecular weight is 226 g/mol. The first-order valence-electron chi connectivity index (χ1n) is 5.21. The number of aromatic nitrogens is 2. The predicted octanol–water partition coefficient (Wildman–Crippen LogP) is 0.459. The molecule has 0 saturated carbocycles. The molecule has 0 unspecified atom stereocenters. The Kier molecular flexibility index (Phi) is 3.04. The van der Waals surface area contributed by atoms with Gasteiger partial charge in [0.25, 0.3) is 5.88 Å². The van der Waals surface area contributed by atoms with Crippen LogP contribution in [0.1, 0.15) is 12.8 Å². The Hall–Kier alpha value is -1.63. The summed E-state index contributed by atoms with van der Waals surface area (Å²) in [6.07, 6.45) is 3.32. The standard InChI is InChI=1S/C9H14N4O3/c1-12-6-11-8(13(14)15)9(12)16-7-3-2-4-10-5-7/h6-7,10H,2-5H2,1H3/t7-/m0/s1. The molecule has 1 aromatic heterocycles. The van der Waals surface area contributed by atoms with Gasteiger partial charge in [0.1, 0.15) is 6.10 Å². The van der Waals surface area contributed by atoms with E-state index in [-0.39, 0.29) is 17.8 Å². The van der Waals surface area contributed by atoms with Gasteiger partial charge in [-0.15, -0.1) is 0 Å². The molecular weight excluding hydrogens is 212 g/mol. The third-order valence-corrected chi connectivity index (χ3v) is 2.57. The quantitative estimate of drug-likeness (QED) is 0.598. The maximum absolute atomic E-state index is 10.7. The Balaban J connectivity index is 2.12. The number of nitrogens with one attached hydrogen (secondary N) is 1. The van der Waals surface area contributed by atoms with Gasteiger partial charge in [0.15, 0.2) is 0 Å². The van der Waals surface area contributed by atoms with Crippen LogP contribution in [-0.4, -0.2) is 33.7 Å². The number of nitro groups is 1. The Morgan fingerprint density at radius 3 is 3.19 bits per heavy atom. The minimum atomic E-state index is -0.522. The third kappa shape index (κ3) is 2.13. The number of hydrogen-bond acceptors (Lipinski definition) is 5. The molecule has 0 aromatic carbocycles. The van der Waals surface area contributed by atoms with Crippen LogP contribution in [0, 0.1) is 10.1 Å². The van der Waals surface area contributed by atoms with Crippen LogP contribution in [0.2, 0.25) is 0 Å². The van der Waals surface area contributed by atoms with Crippen molar-refractivity contribution in [3.05, 3.63) is 16.4 Å². The molecule has 1 fully saturated rings. The molecule has 7 heteroatoms. The van der Waals surface area contributed by atoms with Crippen LogP contribution in [0.3, 0.4) is 0 Å². The first kappa shape index (κ1) is 10.9. The highest BCUT2D eigenvalue weighted by atomic mass is 16.6. The Morgan fingerprint density at radius 2 is 2.56 bits per heavy atom. The molecule has 0 radical (unpaired) electrons. The SMILES string of the molecule is Cn1cnc([N+](=O)[O-])c1O[C@H]1CCCNC1. The van der Waals surface area contributed by atoms with Crippen molar-refractivity contribution in [1.29, 1.82) is 0 Å². The number of rotatable bonds is 3. The fourth-order valence-corrected chi connectivity index (χ4v) is 1.75. The van der Waals surface area contributed by atoms with Gasteiger partial charge in [-0.25, -0.2) is 0 Å². The molecule has 1 aromatic rings. The predicted molar refractivity (Wildman–Crippen MR) is 56.4 cm³/mol. The largest absolute Gasteiger partial charge is 0.468 e. The normalized spacial score (nSPS) is 20.7. The van der Waals surface area contributed by atoms with E-state index in [0.717, 1.165) is 25.9 Å². The van der Waals surface area contributed by atoms with Gasteiger partial charge >= 0.3 is 5.82 Å². The zero-order chi connectivity index (χ0) is 11.5. The topological polar surface area (TPSA) is 82.2 Å². The number of aryl methyl sites for hydroxylation is 1. The van der Waals surface area contributed by atoms with E-state index in [1.807, 2.05) is 0 Å². The first-order chi connectivity index (χ1) is 7.68. The van der Waals surface area contributed by atoms with Crippen molar-refractivity contribution in [2.24, 2.45) is 7.05 Å². The van der Waals surface area contributed by atoms with Crippen LogP contribution in [-0.2, 0) is 7.05 Å². The molecule has 7 nitrogen and oxygen atoms in total. The van der Waals surface area contributed by atoms with Gasteiger partial charge in [-0.2, -0.15) is 0 Å².